The van der Waals surface area contributed by atoms with Crippen LogP contribution in [0, 0.1) is 13.8 Å². The normalized spacial score (nSPS) is 13.3. The molecule has 0 radical (unpaired) electrons. The molecule has 2 aromatic carbocycles. The topological polar surface area (TPSA) is 84.9 Å². The molecule has 0 heterocycles. The number of hydrogen-bond donors (Lipinski definition) is 1. The van der Waals surface area contributed by atoms with Crippen molar-refractivity contribution in [2.75, 3.05) is 24.8 Å². The summed E-state index contributed by atoms with van der Waals surface area (Å²) in [6, 6.07) is 9.77. The molecule has 0 spiro atoms. The maximum atomic E-state index is 13.1. The van der Waals surface area contributed by atoms with Gasteiger partial charge < -0.3 is 14.8 Å². The highest BCUT2D eigenvalue weighted by molar-refractivity contribution is 7.92. The number of hydrogen-bond acceptors (Lipinski definition) is 5. The van der Waals surface area contributed by atoms with Gasteiger partial charge in [0, 0.05) is 0 Å². The van der Waals surface area contributed by atoms with E-state index in [9.17, 15) is 13.2 Å². The molecule has 1 amide bonds. The van der Waals surface area contributed by atoms with E-state index in [0.717, 1.165) is 22.9 Å². The van der Waals surface area contributed by atoms with E-state index in [1.54, 1.807) is 33.3 Å². The Bertz CT molecular complexity index is 1040. The number of benzene rings is 2. The number of anilines is 1. The molecule has 1 N–H and O–H groups in total. The van der Waals surface area contributed by atoms with Gasteiger partial charge in [-0.05, 0) is 62.1 Å². The number of carbonyl (C=O) groups is 1. The number of ether oxygens (including phenoxy) is 2. The van der Waals surface area contributed by atoms with Crippen LogP contribution in [0.1, 0.15) is 43.0 Å². The van der Waals surface area contributed by atoms with Gasteiger partial charge in [0.05, 0.1) is 32.2 Å². The second-order valence-corrected chi connectivity index (χ2v) is 9.47. The molecule has 2 aromatic rings. The highest BCUT2D eigenvalue weighted by atomic mass is 32.2. The first-order valence-electron chi connectivity index (χ1n) is 10.1. The van der Waals surface area contributed by atoms with Gasteiger partial charge in [-0.3, -0.25) is 9.10 Å². The molecule has 7 nitrogen and oxygen atoms in total. The van der Waals surface area contributed by atoms with E-state index in [-0.39, 0.29) is 11.9 Å². The lowest BCUT2D eigenvalue weighted by atomic mass is 10.0. The zero-order chi connectivity index (χ0) is 23.3. The Balaban J connectivity index is 2.35. The first-order valence-corrected chi connectivity index (χ1v) is 12.0. The lowest BCUT2D eigenvalue weighted by molar-refractivity contribution is -0.122. The van der Waals surface area contributed by atoms with E-state index in [1.165, 1.54) is 4.31 Å². The predicted octanol–water partition coefficient (Wildman–Crippen LogP) is 3.74. The minimum absolute atomic E-state index is 0.310. The van der Waals surface area contributed by atoms with Crippen LogP contribution in [-0.2, 0) is 14.8 Å². The molecule has 0 saturated heterocycles. The molecule has 170 valence electrons. The molecular weight excluding hydrogens is 416 g/mol. The quantitative estimate of drug-likeness (QED) is 0.632. The Kier molecular flexibility index (Phi) is 7.95. The van der Waals surface area contributed by atoms with Crippen molar-refractivity contribution in [3.05, 3.63) is 53.1 Å². The molecule has 0 aliphatic carbocycles. The summed E-state index contributed by atoms with van der Waals surface area (Å²) >= 11 is 0. The molecule has 0 saturated carbocycles. The number of amides is 1. The van der Waals surface area contributed by atoms with Crippen LogP contribution in [0.2, 0.25) is 0 Å². The predicted molar refractivity (Wildman–Crippen MR) is 123 cm³/mol. The molecule has 31 heavy (non-hydrogen) atoms. The first-order chi connectivity index (χ1) is 14.5. The fourth-order valence-corrected chi connectivity index (χ4v) is 4.74. The van der Waals surface area contributed by atoms with Crippen molar-refractivity contribution >= 4 is 21.6 Å². The zero-order valence-corrected chi connectivity index (χ0v) is 20.0. The lowest BCUT2D eigenvalue weighted by Gasteiger charge is -2.31. The Hall–Kier alpha value is -2.74. The van der Waals surface area contributed by atoms with E-state index in [2.05, 4.69) is 5.32 Å². The monoisotopic (exact) mass is 448 g/mol. The van der Waals surface area contributed by atoms with Gasteiger partial charge in [-0.1, -0.05) is 25.1 Å². The third kappa shape index (κ3) is 5.70. The number of nitrogens with one attached hydrogen (secondary N) is 1. The summed E-state index contributed by atoms with van der Waals surface area (Å²) in [5.41, 5.74) is 3.05. The molecule has 0 aromatic heterocycles. The Labute approximate surface area is 185 Å². The van der Waals surface area contributed by atoms with Crippen LogP contribution >= 0.6 is 0 Å². The van der Waals surface area contributed by atoms with Crippen molar-refractivity contribution in [3.8, 4) is 11.5 Å². The minimum atomic E-state index is -3.69. The third-order valence-corrected chi connectivity index (χ3v) is 6.45. The maximum absolute atomic E-state index is 13.1. The summed E-state index contributed by atoms with van der Waals surface area (Å²) in [6.07, 6.45) is 1.74. The summed E-state index contributed by atoms with van der Waals surface area (Å²) in [5.74, 6) is 0.779. The second-order valence-electron chi connectivity index (χ2n) is 7.61. The Morgan fingerprint density at radius 1 is 1.06 bits per heavy atom. The van der Waals surface area contributed by atoms with Crippen LogP contribution in [0.15, 0.2) is 36.4 Å². The van der Waals surface area contributed by atoms with Crippen molar-refractivity contribution in [2.45, 2.75) is 46.2 Å². The van der Waals surface area contributed by atoms with Crippen molar-refractivity contribution in [1.82, 2.24) is 5.32 Å². The summed E-state index contributed by atoms with van der Waals surface area (Å²) < 4.78 is 37.1. The Morgan fingerprint density at radius 2 is 1.71 bits per heavy atom. The highest BCUT2D eigenvalue weighted by Crippen LogP contribution is 2.31. The van der Waals surface area contributed by atoms with Crippen molar-refractivity contribution in [2.24, 2.45) is 0 Å². The minimum Gasteiger partial charge on any atom is -0.493 e. The number of sulfonamides is 1. The summed E-state index contributed by atoms with van der Waals surface area (Å²) in [7, 11) is -0.579. The van der Waals surface area contributed by atoms with Crippen LogP contribution in [0.4, 0.5) is 5.69 Å². The van der Waals surface area contributed by atoms with Crippen LogP contribution in [0.5, 0.6) is 11.5 Å². The largest absolute Gasteiger partial charge is 0.493 e. The maximum Gasteiger partial charge on any atom is 0.244 e. The fourth-order valence-electron chi connectivity index (χ4n) is 3.52. The van der Waals surface area contributed by atoms with E-state index < -0.39 is 16.1 Å². The molecule has 2 rings (SSSR count). The molecule has 8 heteroatoms. The lowest BCUT2D eigenvalue weighted by Crippen LogP contribution is -2.48. The van der Waals surface area contributed by atoms with E-state index in [0.29, 0.717) is 23.6 Å². The number of carbonyl (C=O) groups excluding carboxylic acids is 1. The molecular formula is C23H32N2O5S. The van der Waals surface area contributed by atoms with Gasteiger partial charge in [-0.2, -0.15) is 0 Å². The van der Waals surface area contributed by atoms with Gasteiger partial charge in [0.25, 0.3) is 0 Å². The number of aryl methyl sites for hydroxylation is 2. The first kappa shape index (κ1) is 24.5. The average Bonchev–Trinajstić information content (AvgIpc) is 2.72. The zero-order valence-electron chi connectivity index (χ0n) is 19.2. The molecule has 0 bridgehead atoms. The van der Waals surface area contributed by atoms with Crippen LogP contribution in [0.25, 0.3) is 0 Å². The van der Waals surface area contributed by atoms with Crippen molar-refractivity contribution in [3.63, 3.8) is 0 Å². The van der Waals surface area contributed by atoms with Gasteiger partial charge in [-0.15, -0.1) is 0 Å². The van der Waals surface area contributed by atoms with Gasteiger partial charge in [0.15, 0.2) is 11.5 Å². The van der Waals surface area contributed by atoms with Crippen LogP contribution in [0.3, 0.4) is 0 Å². The number of methoxy groups -OCH3 is 2. The number of rotatable bonds is 9. The van der Waals surface area contributed by atoms with Crippen LogP contribution < -0.4 is 19.1 Å². The molecule has 0 unspecified atom stereocenters. The molecule has 0 aliphatic heterocycles. The summed E-state index contributed by atoms with van der Waals surface area (Å²) in [6.45, 7) is 7.26. The van der Waals surface area contributed by atoms with Gasteiger partial charge in [-0.25, -0.2) is 8.42 Å². The van der Waals surface area contributed by atoms with Crippen LogP contribution in [-0.4, -0.2) is 40.8 Å². The molecule has 0 aliphatic rings. The summed E-state index contributed by atoms with van der Waals surface area (Å²) in [4.78, 5) is 13.1. The summed E-state index contributed by atoms with van der Waals surface area (Å²) in [5, 5.41) is 2.99. The van der Waals surface area contributed by atoms with Gasteiger partial charge in [0.1, 0.15) is 6.04 Å². The standard InChI is InChI=1S/C23H32N2O5S/c1-8-19(18-11-12-21(29-5)22(14-18)30-6)24-23(26)17(4)25(31(7,27)28)20-13-15(2)9-10-16(20)3/h9-14,17,19H,8H2,1-7H3,(H,24,26)/t17-,19+/m1/s1. The second kappa shape index (κ2) is 10.0. The fraction of sp³-hybridized carbons (Fsp3) is 0.435. The molecule has 2 atom stereocenters. The SMILES string of the molecule is CC[C@H](NC(=O)[C@@H](C)N(c1cc(C)ccc1C)S(C)(=O)=O)c1ccc(OC)c(OC)c1. The Morgan fingerprint density at radius 3 is 2.26 bits per heavy atom. The number of nitrogens with zero attached hydrogens (tertiary/aromatic N) is 1. The van der Waals surface area contributed by atoms with E-state index in [4.69, 9.17) is 9.47 Å². The van der Waals surface area contributed by atoms with E-state index in [1.807, 2.05) is 45.0 Å². The van der Waals surface area contributed by atoms with Crippen molar-refractivity contribution < 1.29 is 22.7 Å². The average molecular weight is 449 g/mol. The molecule has 0 fully saturated rings. The highest BCUT2D eigenvalue weighted by Gasteiger charge is 2.31. The third-order valence-electron chi connectivity index (χ3n) is 5.23. The smallest absolute Gasteiger partial charge is 0.244 e. The van der Waals surface area contributed by atoms with E-state index >= 15 is 0 Å². The van der Waals surface area contributed by atoms with Gasteiger partial charge >= 0.3 is 0 Å². The van der Waals surface area contributed by atoms with Gasteiger partial charge in [0.2, 0.25) is 15.9 Å². The van der Waals surface area contributed by atoms with Crippen molar-refractivity contribution in [1.29, 1.82) is 0 Å².